The number of aryl methyl sites for hydroxylation is 1. The molecule has 0 radical (unpaired) electrons. The Labute approximate surface area is 235 Å². The number of hydrogen-bond acceptors (Lipinski definition) is 5. The van der Waals surface area contributed by atoms with Gasteiger partial charge in [0.05, 0.1) is 22.5 Å². The van der Waals surface area contributed by atoms with E-state index in [-0.39, 0.29) is 48.4 Å². The van der Waals surface area contributed by atoms with E-state index in [4.69, 9.17) is 0 Å². The predicted molar refractivity (Wildman–Crippen MR) is 142 cm³/mol. The third-order valence-electron chi connectivity index (χ3n) is 8.04. The van der Waals surface area contributed by atoms with Gasteiger partial charge in [-0.25, -0.2) is 17.5 Å². The van der Waals surface area contributed by atoms with Crippen LogP contribution in [0.3, 0.4) is 0 Å². The number of sulfonamides is 1. The van der Waals surface area contributed by atoms with Gasteiger partial charge in [0.25, 0.3) is 11.8 Å². The summed E-state index contributed by atoms with van der Waals surface area (Å²) in [6.07, 6.45) is 0.820. The maximum atomic E-state index is 15.4. The number of rotatable bonds is 10. The number of benzene rings is 1. The standard InChI is InChI=1S/C28H32F4N4O4S/c1-27(21-11-8-17(15-22(21)29)5-2-3-13-28(30,31)32)16-20(23-12-14-36(34-23)18-6-4-7-18)24(25(37)33-27)26(38)35-41(39,40)19-9-10-19/h8,11-12,14-15,18-19H,2-7,9-10,13,16H2,1H3,(H,33,37)(H,35,38)/t27-/m0/s1. The van der Waals surface area contributed by atoms with Crippen LogP contribution in [0.4, 0.5) is 17.6 Å². The summed E-state index contributed by atoms with van der Waals surface area (Å²) in [5.41, 5.74) is -0.509. The van der Waals surface area contributed by atoms with Crippen LogP contribution in [0.25, 0.3) is 5.57 Å². The summed E-state index contributed by atoms with van der Waals surface area (Å²) in [5, 5.41) is 6.62. The van der Waals surface area contributed by atoms with Gasteiger partial charge in [-0.1, -0.05) is 12.1 Å². The van der Waals surface area contributed by atoms with Gasteiger partial charge >= 0.3 is 6.18 Å². The van der Waals surface area contributed by atoms with Gasteiger partial charge in [0.1, 0.15) is 11.4 Å². The molecule has 2 saturated carbocycles. The predicted octanol–water partition coefficient (Wildman–Crippen LogP) is 4.82. The normalized spacial score (nSPS) is 21.9. The summed E-state index contributed by atoms with van der Waals surface area (Å²) in [4.78, 5) is 26.7. The molecule has 2 fully saturated rings. The van der Waals surface area contributed by atoms with Crippen molar-refractivity contribution >= 4 is 27.4 Å². The van der Waals surface area contributed by atoms with E-state index in [2.05, 4.69) is 10.4 Å². The lowest BCUT2D eigenvalue weighted by Crippen LogP contribution is -2.51. The second-order valence-electron chi connectivity index (χ2n) is 11.4. The molecule has 41 heavy (non-hydrogen) atoms. The Hall–Kier alpha value is -3.22. The minimum absolute atomic E-state index is 0.0471. The molecule has 0 spiro atoms. The van der Waals surface area contributed by atoms with Crippen LogP contribution in [0.1, 0.15) is 87.6 Å². The fraction of sp³-hybridized carbons (Fsp3) is 0.536. The molecular weight excluding hydrogens is 564 g/mol. The molecule has 1 aromatic heterocycles. The SMILES string of the molecule is C[C@@]1(c2ccc(CCCCC(F)(F)F)cc2F)CC(c2ccn(C3CCC3)n2)=C(C(=O)NS(=O)(=O)C2CC2)C(=O)N1. The summed E-state index contributed by atoms with van der Waals surface area (Å²) < 4.78 is 81.5. The first-order valence-corrected chi connectivity index (χ1v) is 15.3. The van der Waals surface area contributed by atoms with Crippen LogP contribution >= 0.6 is 0 Å². The van der Waals surface area contributed by atoms with E-state index in [1.54, 1.807) is 29.9 Å². The highest BCUT2D eigenvalue weighted by molar-refractivity contribution is 7.91. The van der Waals surface area contributed by atoms with E-state index in [1.165, 1.54) is 12.1 Å². The fourth-order valence-electron chi connectivity index (χ4n) is 5.37. The van der Waals surface area contributed by atoms with E-state index in [9.17, 15) is 31.2 Å². The van der Waals surface area contributed by atoms with Gasteiger partial charge in [-0.3, -0.25) is 14.3 Å². The van der Waals surface area contributed by atoms with Crippen LogP contribution in [0.5, 0.6) is 0 Å². The van der Waals surface area contributed by atoms with Crippen molar-refractivity contribution in [3.63, 3.8) is 0 Å². The molecule has 2 aliphatic carbocycles. The van der Waals surface area contributed by atoms with Crippen molar-refractivity contribution in [1.82, 2.24) is 19.8 Å². The smallest absolute Gasteiger partial charge is 0.342 e. The molecule has 0 bridgehead atoms. The van der Waals surface area contributed by atoms with Crippen molar-refractivity contribution in [2.24, 2.45) is 0 Å². The van der Waals surface area contributed by atoms with Crippen molar-refractivity contribution in [1.29, 1.82) is 0 Å². The lowest BCUT2D eigenvalue weighted by molar-refractivity contribution is -0.135. The zero-order valence-electron chi connectivity index (χ0n) is 22.6. The van der Waals surface area contributed by atoms with Crippen LogP contribution in [0, 0.1) is 5.82 Å². The van der Waals surface area contributed by atoms with Crippen LogP contribution in [0.15, 0.2) is 36.0 Å². The number of hydrogen-bond donors (Lipinski definition) is 2. The Morgan fingerprint density at radius 1 is 1.17 bits per heavy atom. The first kappa shape index (κ1) is 29.3. The third kappa shape index (κ3) is 6.49. The van der Waals surface area contributed by atoms with Crippen LogP contribution in [0.2, 0.25) is 0 Å². The molecule has 1 atom stereocenters. The van der Waals surface area contributed by atoms with Crippen molar-refractivity contribution in [2.45, 2.75) is 94.1 Å². The topological polar surface area (TPSA) is 110 Å². The Morgan fingerprint density at radius 2 is 1.90 bits per heavy atom. The monoisotopic (exact) mass is 596 g/mol. The molecule has 8 nitrogen and oxygen atoms in total. The Bertz CT molecular complexity index is 1490. The van der Waals surface area contributed by atoms with Gasteiger partial charge in [0.15, 0.2) is 0 Å². The van der Waals surface area contributed by atoms with Crippen molar-refractivity contribution in [2.75, 3.05) is 0 Å². The molecule has 2 N–H and O–H groups in total. The molecule has 0 saturated heterocycles. The number of unbranched alkanes of at least 4 members (excludes halogenated alkanes) is 1. The van der Waals surface area contributed by atoms with E-state index in [0.717, 1.165) is 19.3 Å². The average Bonchev–Trinajstić information content (AvgIpc) is 3.59. The number of carbonyl (C=O) groups excluding carboxylic acids is 2. The highest BCUT2D eigenvalue weighted by Gasteiger charge is 2.44. The lowest BCUT2D eigenvalue weighted by Gasteiger charge is -2.37. The number of alkyl halides is 3. The minimum Gasteiger partial charge on any atom is -0.342 e. The van der Waals surface area contributed by atoms with E-state index in [1.807, 2.05) is 4.72 Å². The molecule has 5 rings (SSSR count). The van der Waals surface area contributed by atoms with E-state index in [0.29, 0.717) is 24.1 Å². The molecule has 2 aromatic rings. The maximum Gasteiger partial charge on any atom is 0.389 e. The first-order chi connectivity index (χ1) is 19.3. The molecule has 3 aliphatic rings. The zero-order valence-corrected chi connectivity index (χ0v) is 23.4. The second-order valence-corrected chi connectivity index (χ2v) is 13.4. The summed E-state index contributed by atoms with van der Waals surface area (Å²) in [7, 11) is -3.94. The largest absolute Gasteiger partial charge is 0.389 e. The highest BCUT2D eigenvalue weighted by Crippen LogP contribution is 2.40. The van der Waals surface area contributed by atoms with Gasteiger partial charge in [0.2, 0.25) is 10.0 Å². The van der Waals surface area contributed by atoms with Crippen LogP contribution < -0.4 is 10.0 Å². The summed E-state index contributed by atoms with van der Waals surface area (Å²) in [5.74, 6) is -2.56. The van der Waals surface area contributed by atoms with Gasteiger partial charge in [-0.2, -0.15) is 18.3 Å². The number of halogens is 4. The molecule has 2 amide bonds. The molecular formula is C28H32F4N4O4S. The third-order valence-corrected chi connectivity index (χ3v) is 9.86. The van der Waals surface area contributed by atoms with Gasteiger partial charge in [-0.05, 0) is 76.0 Å². The number of amides is 2. The fourth-order valence-corrected chi connectivity index (χ4v) is 6.65. The molecule has 2 heterocycles. The van der Waals surface area contributed by atoms with Gasteiger partial charge < -0.3 is 5.32 Å². The van der Waals surface area contributed by atoms with Crippen molar-refractivity contribution in [3.8, 4) is 0 Å². The summed E-state index contributed by atoms with van der Waals surface area (Å²) in [6.45, 7) is 1.60. The number of aromatic nitrogens is 2. The Kier molecular flexibility index (Phi) is 7.77. The molecule has 1 aromatic carbocycles. The van der Waals surface area contributed by atoms with Crippen LogP contribution in [-0.4, -0.2) is 41.4 Å². The van der Waals surface area contributed by atoms with Gasteiger partial charge in [0, 0.05) is 30.2 Å². The minimum atomic E-state index is -4.24. The molecule has 222 valence electrons. The first-order valence-electron chi connectivity index (χ1n) is 13.8. The second kappa shape index (κ2) is 10.9. The molecule has 0 unspecified atom stereocenters. The zero-order chi connectivity index (χ0) is 29.6. The molecule has 13 heteroatoms. The number of nitrogens with one attached hydrogen (secondary N) is 2. The Balaban J connectivity index is 1.43. The van der Waals surface area contributed by atoms with Crippen molar-refractivity contribution < 1.29 is 35.6 Å². The lowest BCUT2D eigenvalue weighted by atomic mass is 9.79. The number of carbonyl (C=O) groups is 2. The number of nitrogens with zero attached hydrogens (tertiary/aromatic N) is 2. The van der Waals surface area contributed by atoms with Crippen molar-refractivity contribution in [3.05, 3.63) is 58.7 Å². The van der Waals surface area contributed by atoms with E-state index < -0.39 is 51.0 Å². The Morgan fingerprint density at radius 3 is 2.51 bits per heavy atom. The van der Waals surface area contributed by atoms with E-state index >= 15 is 4.39 Å². The maximum absolute atomic E-state index is 15.4. The van der Waals surface area contributed by atoms with Gasteiger partial charge in [-0.15, -0.1) is 0 Å². The molecule has 1 aliphatic heterocycles. The summed E-state index contributed by atoms with van der Waals surface area (Å²) in [6, 6.07) is 6.21. The summed E-state index contributed by atoms with van der Waals surface area (Å²) >= 11 is 0. The van der Waals surface area contributed by atoms with Crippen LogP contribution in [-0.2, 0) is 31.6 Å². The quantitative estimate of drug-likeness (QED) is 0.232. The highest BCUT2D eigenvalue weighted by atomic mass is 32.2. The average molecular weight is 597 g/mol.